The highest BCUT2D eigenvalue weighted by Crippen LogP contribution is 2.32. The second-order valence-corrected chi connectivity index (χ2v) is 6.90. The fraction of sp³-hybridized carbons (Fsp3) is 0.368. The standard InChI is InChI=1S/C19H23NS/c1-3-20-13-17-8-10-18(11-14(17)2)21-19-9-7-15-5-4-6-16(15)12-19/h7-12,20H,3-6,13H2,1-2H3. The van der Waals surface area contributed by atoms with Crippen LogP contribution in [0.3, 0.4) is 0 Å². The maximum atomic E-state index is 3.40. The Balaban J connectivity index is 1.74. The summed E-state index contributed by atoms with van der Waals surface area (Å²) in [6.45, 7) is 6.34. The van der Waals surface area contributed by atoms with Crippen LogP contribution < -0.4 is 5.32 Å². The van der Waals surface area contributed by atoms with Crippen LogP contribution in [0.25, 0.3) is 0 Å². The zero-order valence-electron chi connectivity index (χ0n) is 12.9. The summed E-state index contributed by atoms with van der Waals surface area (Å²) in [6.07, 6.45) is 3.84. The zero-order valence-corrected chi connectivity index (χ0v) is 13.7. The van der Waals surface area contributed by atoms with Gasteiger partial charge >= 0.3 is 0 Å². The quantitative estimate of drug-likeness (QED) is 0.855. The van der Waals surface area contributed by atoms with Crippen LogP contribution in [-0.4, -0.2) is 6.54 Å². The van der Waals surface area contributed by atoms with Crippen molar-refractivity contribution in [1.82, 2.24) is 5.32 Å². The van der Waals surface area contributed by atoms with Crippen LogP contribution >= 0.6 is 11.8 Å². The molecular weight excluding hydrogens is 274 g/mol. The Hall–Kier alpha value is -1.25. The highest BCUT2D eigenvalue weighted by atomic mass is 32.2. The highest BCUT2D eigenvalue weighted by molar-refractivity contribution is 7.99. The predicted molar refractivity (Wildman–Crippen MR) is 91.1 cm³/mol. The van der Waals surface area contributed by atoms with Gasteiger partial charge in [0, 0.05) is 16.3 Å². The van der Waals surface area contributed by atoms with Gasteiger partial charge in [-0.2, -0.15) is 0 Å². The van der Waals surface area contributed by atoms with Crippen molar-refractivity contribution in [1.29, 1.82) is 0 Å². The molecule has 0 bridgehead atoms. The van der Waals surface area contributed by atoms with E-state index in [9.17, 15) is 0 Å². The first-order valence-corrected chi connectivity index (χ1v) is 8.68. The van der Waals surface area contributed by atoms with E-state index in [1.54, 1.807) is 11.1 Å². The number of hydrogen-bond acceptors (Lipinski definition) is 2. The molecule has 1 nitrogen and oxygen atoms in total. The minimum atomic E-state index is 0.964. The molecule has 0 heterocycles. The third-order valence-electron chi connectivity index (χ3n) is 4.19. The largest absolute Gasteiger partial charge is 0.313 e. The van der Waals surface area contributed by atoms with E-state index in [2.05, 4.69) is 55.6 Å². The fourth-order valence-corrected chi connectivity index (χ4v) is 3.92. The molecule has 0 saturated carbocycles. The summed E-state index contributed by atoms with van der Waals surface area (Å²) in [6, 6.07) is 13.8. The first-order valence-electron chi connectivity index (χ1n) is 7.86. The second kappa shape index (κ2) is 6.67. The van der Waals surface area contributed by atoms with Gasteiger partial charge in [0.05, 0.1) is 0 Å². The second-order valence-electron chi connectivity index (χ2n) is 5.75. The molecule has 0 saturated heterocycles. The van der Waals surface area contributed by atoms with Crippen LogP contribution in [0.2, 0.25) is 0 Å². The Morgan fingerprint density at radius 2 is 1.76 bits per heavy atom. The van der Waals surface area contributed by atoms with Gasteiger partial charge in [-0.25, -0.2) is 0 Å². The van der Waals surface area contributed by atoms with Gasteiger partial charge in [-0.05, 0) is 79.3 Å². The highest BCUT2D eigenvalue weighted by Gasteiger charge is 2.11. The molecule has 110 valence electrons. The lowest BCUT2D eigenvalue weighted by Gasteiger charge is -2.09. The number of benzene rings is 2. The summed E-state index contributed by atoms with van der Waals surface area (Å²) in [7, 11) is 0. The van der Waals surface area contributed by atoms with Gasteiger partial charge in [-0.1, -0.05) is 30.8 Å². The summed E-state index contributed by atoms with van der Waals surface area (Å²) in [5, 5.41) is 3.40. The average molecular weight is 297 g/mol. The molecule has 3 rings (SSSR count). The summed E-state index contributed by atoms with van der Waals surface area (Å²) >= 11 is 1.88. The summed E-state index contributed by atoms with van der Waals surface area (Å²) in [5.74, 6) is 0. The van der Waals surface area contributed by atoms with Crippen molar-refractivity contribution in [3.05, 3.63) is 58.7 Å². The monoisotopic (exact) mass is 297 g/mol. The normalized spacial score (nSPS) is 13.4. The van der Waals surface area contributed by atoms with Crippen molar-refractivity contribution in [2.24, 2.45) is 0 Å². The molecule has 2 aromatic rings. The summed E-state index contributed by atoms with van der Waals surface area (Å²) < 4.78 is 0. The maximum Gasteiger partial charge on any atom is 0.0208 e. The van der Waals surface area contributed by atoms with Gasteiger partial charge < -0.3 is 5.32 Å². The lowest BCUT2D eigenvalue weighted by Crippen LogP contribution is -2.12. The van der Waals surface area contributed by atoms with Crippen molar-refractivity contribution in [3.8, 4) is 0 Å². The molecule has 1 aliphatic rings. The lowest BCUT2D eigenvalue weighted by molar-refractivity contribution is 0.723. The Morgan fingerprint density at radius 1 is 1.00 bits per heavy atom. The minimum Gasteiger partial charge on any atom is -0.313 e. The van der Waals surface area contributed by atoms with E-state index in [0.717, 1.165) is 13.1 Å². The lowest BCUT2D eigenvalue weighted by atomic mass is 10.1. The molecular formula is C19H23NS. The third kappa shape index (κ3) is 3.50. The molecule has 0 unspecified atom stereocenters. The fourth-order valence-electron chi connectivity index (χ4n) is 2.94. The van der Waals surface area contributed by atoms with Crippen molar-refractivity contribution in [3.63, 3.8) is 0 Å². The molecule has 1 N–H and O–H groups in total. The van der Waals surface area contributed by atoms with E-state index < -0.39 is 0 Å². The van der Waals surface area contributed by atoms with E-state index in [1.165, 1.54) is 40.2 Å². The van der Waals surface area contributed by atoms with Crippen LogP contribution in [0.5, 0.6) is 0 Å². The SMILES string of the molecule is CCNCc1ccc(Sc2ccc3c(c2)CCC3)cc1C. The van der Waals surface area contributed by atoms with E-state index in [1.807, 2.05) is 11.8 Å². The van der Waals surface area contributed by atoms with Gasteiger partial charge in [0.1, 0.15) is 0 Å². The predicted octanol–water partition coefficient (Wildman–Crippen LogP) is 4.74. The van der Waals surface area contributed by atoms with Gasteiger partial charge in [0.25, 0.3) is 0 Å². The Labute approximate surface area is 132 Å². The molecule has 21 heavy (non-hydrogen) atoms. The third-order valence-corrected chi connectivity index (χ3v) is 5.16. The molecule has 0 aliphatic heterocycles. The maximum absolute atomic E-state index is 3.40. The Morgan fingerprint density at radius 3 is 2.57 bits per heavy atom. The molecule has 1 aliphatic carbocycles. The van der Waals surface area contributed by atoms with Crippen molar-refractivity contribution in [2.45, 2.75) is 49.4 Å². The molecule has 0 radical (unpaired) electrons. The van der Waals surface area contributed by atoms with E-state index in [0.29, 0.717) is 0 Å². The summed E-state index contributed by atoms with van der Waals surface area (Å²) in [5.41, 5.74) is 5.88. The smallest absolute Gasteiger partial charge is 0.0208 e. The molecule has 0 amide bonds. The molecule has 0 fully saturated rings. The molecule has 0 aromatic heterocycles. The first kappa shape index (κ1) is 14.7. The number of rotatable bonds is 5. The molecule has 2 heteroatoms. The number of fused-ring (bicyclic) bond motifs is 1. The van der Waals surface area contributed by atoms with Crippen LogP contribution in [-0.2, 0) is 19.4 Å². The molecule has 0 atom stereocenters. The Bertz CT molecular complexity index is 633. The van der Waals surface area contributed by atoms with E-state index in [-0.39, 0.29) is 0 Å². The first-order chi connectivity index (χ1) is 10.3. The molecule has 0 spiro atoms. The van der Waals surface area contributed by atoms with Crippen LogP contribution in [0, 0.1) is 6.92 Å². The minimum absolute atomic E-state index is 0.964. The van der Waals surface area contributed by atoms with Crippen LogP contribution in [0.4, 0.5) is 0 Å². The van der Waals surface area contributed by atoms with E-state index in [4.69, 9.17) is 0 Å². The van der Waals surface area contributed by atoms with Crippen LogP contribution in [0.15, 0.2) is 46.2 Å². The summed E-state index contributed by atoms with van der Waals surface area (Å²) in [4.78, 5) is 2.71. The number of hydrogen-bond donors (Lipinski definition) is 1. The number of nitrogens with one attached hydrogen (secondary N) is 1. The van der Waals surface area contributed by atoms with Crippen molar-refractivity contribution >= 4 is 11.8 Å². The zero-order chi connectivity index (χ0) is 14.7. The average Bonchev–Trinajstić information content (AvgIpc) is 2.94. The Kier molecular flexibility index (Phi) is 4.67. The van der Waals surface area contributed by atoms with Crippen molar-refractivity contribution in [2.75, 3.05) is 6.54 Å². The van der Waals surface area contributed by atoms with Gasteiger partial charge in [0.15, 0.2) is 0 Å². The van der Waals surface area contributed by atoms with Gasteiger partial charge in [0.2, 0.25) is 0 Å². The molecule has 2 aromatic carbocycles. The van der Waals surface area contributed by atoms with Crippen LogP contribution in [0.1, 0.15) is 35.6 Å². The topological polar surface area (TPSA) is 12.0 Å². The van der Waals surface area contributed by atoms with Crippen molar-refractivity contribution < 1.29 is 0 Å². The number of aryl methyl sites for hydroxylation is 3. The van der Waals surface area contributed by atoms with Gasteiger partial charge in [-0.15, -0.1) is 0 Å². The van der Waals surface area contributed by atoms with Gasteiger partial charge in [-0.3, -0.25) is 0 Å². The van der Waals surface area contributed by atoms with E-state index >= 15 is 0 Å².